The molecule has 5 rings (SSSR count). The van der Waals surface area contributed by atoms with Crippen molar-refractivity contribution in [3.8, 4) is 0 Å². The van der Waals surface area contributed by atoms with Crippen LogP contribution < -0.4 is 5.32 Å². The summed E-state index contributed by atoms with van der Waals surface area (Å²) in [5.74, 6) is 3.07. The van der Waals surface area contributed by atoms with Crippen LogP contribution in [0.5, 0.6) is 0 Å². The normalized spacial score (nSPS) is 39.7. The van der Waals surface area contributed by atoms with E-state index < -0.39 is 0 Å². The van der Waals surface area contributed by atoms with Crippen LogP contribution in [-0.4, -0.2) is 12.1 Å². The lowest BCUT2D eigenvalue weighted by Gasteiger charge is -2.57. The first-order chi connectivity index (χ1) is 9.22. The van der Waals surface area contributed by atoms with E-state index in [0.717, 1.165) is 24.3 Å². The molecule has 4 saturated carbocycles. The molecule has 0 spiro atoms. The number of rotatable bonds is 4. The van der Waals surface area contributed by atoms with Crippen LogP contribution in [0.25, 0.3) is 5.57 Å². The summed E-state index contributed by atoms with van der Waals surface area (Å²) < 4.78 is 0. The van der Waals surface area contributed by atoms with Gasteiger partial charge in [0, 0.05) is 17.0 Å². The Balaban J connectivity index is 1.44. The van der Waals surface area contributed by atoms with Gasteiger partial charge in [-0.25, -0.2) is 0 Å². The lowest BCUT2D eigenvalue weighted by molar-refractivity contribution is -0.0176. The fourth-order valence-electron chi connectivity index (χ4n) is 5.19. The highest BCUT2D eigenvalue weighted by atomic mass is 32.1. The second-order valence-corrected chi connectivity index (χ2v) is 8.08. The second kappa shape index (κ2) is 4.46. The molecular weight excluding hydrogens is 250 g/mol. The monoisotopic (exact) mass is 273 g/mol. The van der Waals surface area contributed by atoms with E-state index in [1.54, 1.807) is 0 Å². The van der Waals surface area contributed by atoms with Gasteiger partial charge in [0.1, 0.15) is 0 Å². The van der Waals surface area contributed by atoms with Gasteiger partial charge in [-0.2, -0.15) is 0 Å². The summed E-state index contributed by atoms with van der Waals surface area (Å²) in [5, 5.41) is 6.07. The van der Waals surface area contributed by atoms with Gasteiger partial charge in [0.15, 0.2) is 0 Å². The van der Waals surface area contributed by atoms with Crippen molar-refractivity contribution in [1.82, 2.24) is 5.32 Å². The average molecular weight is 273 g/mol. The first kappa shape index (κ1) is 12.2. The van der Waals surface area contributed by atoms with Crippen LogP contribution >= 0.6 is 11.3 Å². The third-order valence-corrected chi connectivity index (χ3v) is 6.56. The van der Waals surface area contributed by atoms with Crippen molar-refractivity contribution in [2.45, 2.75) is 44.1 Å². The fourth-order valence-corrected chi connectivity index (χ4v) is 5.89. The maximum absolute atomic E-state index is 4.26. The predicted octanol–water partition coefficient (Wildman–Crippen LogP) is 4.32. The van der Waals surface area contributed by atoms with Crippen molar-refractivity contribution in [3.63, 3.8) is 0 Å². The van der Waals surface area contributed by atoms with Gasteiger partial charge in [-0.3, -0.25) is 0 Å². The highest BCUT2D eigenvalue weighted by molar-refractivity contribution is 7.11. The molecule has 1 heterocycles. The Kier molecular flexibility index (Phi) is 2.85. The largest absolute Gasteiger partial charge is 0.307 e. The van der Waals surface area contributed by atoms with Gasteiger partial charge in [0.2, 0.25) is 0 Å². The summed E-state index contributed by atoms with van der Waals surface area (Å²) in [6.45, 7) is 5.24. The zero-order valence-electron chi connectivity index (χ0n) is 11.5. The number of hydrogen-bond acceptors (Lipinski definition) is 2. The van der Waals surface area contributed by atoms with Crippen LogP contribution in [0.4, 0.5) is 0 Å². The van der Waals surface area contributed by atoms with Crippen LogP contribution in [0, 0.1) is 17.8 Å². The van der Waals surface area contributed by atoms with Crippen LogP contribution in [0.15, 0.2) is 24.1 Å². The molecule has 0 radical (unpaired) electrons. The summed E-state index contributed by atoms with van der Waals surface area (Å²) in [5.41, 5.74) is 1.74. The SMILES string of the molecule is C=C(CNC12CC3CC(CC(C3)C1)C2)c1cccs1. The Hall–Kier alpha value is -0.600. The molecule has 4 aliphatic rings. The molecule has 102 valence electrons. The minimum atomic E-state index is 0.467. The number of hydrogen-bond donors (Lipinski definition) is 1. The maximum atomic E-state index is 4.26. The molecule has 0 aliphatic heterocycles. The van der Waals surface area contributed by atoms with Crippen molar-refractivity contribution < 1.29 is 0 Å². The first-order valence-corrected chi connectivity index (χ1v) is 8.57. The Labute approximate surface area is 120 Å². The molecule has 0 aromatic carbocycles. The third-order valence-electron chi connectivity index (χ3n) is 5.58. The summed E-state index contributed by atoms with van der Waals surface area (Å²) in [4.78, 5) is 1.34. The van der Waals surface area contributed by atoms with E-state index in [9.17, 15) is 0 Å². The van der Waals surface area contributed by atoms with E-state index in [2.05, 4.69) is 29.4 Å². The molecule has 0 atom stereocenters. The molecule has 4 fully saturated rings. The molecule has 4 bridgehead atoms. The molecular formula is C17H23NS. The molecule has 0 amide bonds. The summed E-state index contributed by atoms with van der Waals surface area (Å²) in [7, 11) is 0. The van der Waals surface area contributed by atoms with Crippen LogP contribution in [0.3, 0.4) is 0 Å². The summed E-state index contributed by atoms with van der Waals surface area (Å²) in [6.07, 6.45) is 8.84. The molecule has 0 saturated heterocycles. The minimum absolute atomic E-state index is 0.467. The van der Waals surface area contributed by atoms with Gasteiger partial charge in [-0.15, -0.1) is 11.3 Å². The Morgan fingerprint density at radius 1 is 1.21 bits per heavy atom. The van der Waals surface area contributed by atoms with Crippen molar-refractivity contribution >= 4 is 16.9 Å². The average Bonchev–Trinajstić information content (AvgIpc) is 2.88. The lowest BCUT2D eigenvalue weighted by Crippen LogP contribution is -2.58. The third kappa shape index (κ3) is 2.19. The maximum Gasteiger partial charge on any atom is 0.0309 e. The van der Waals surface area contributed by atoms with E-state index in [0.29, 0.717) is 5.54 Å². The van der Waals surface area contributed by atoms with Crippen LogP contribution in [0.2, 0.25) is 0 Å². The first-order valence-electron chi connectivity index (χ1n) is 7.69. The molecule has 0 unspecified atom stereocenters. The van der Waals surface area contributed by atoms with E-state index in [1.807, 2.05) is 11.3 Å². The smallest absolute Gasteiger partial charge is 0.0309 e. The molecule has 1 nitrogen and oxygen atoms in total. The van der Waals surface area contributed by atoms with Gasteiger partial charge >= 0.3 is 0 Å². The van der Waals surface area contributed by atoms with Crippen molar-refractivity contribution in [1.29, 1.82) is 0 Å². The summed E-state index contributed by atoms with van der Waals surface area (Å²) >= 11 is 1.81. The number of thiophene rings is 1. The van der Waals surface area contributed by atoms with E-state index >= 15 is 0 Å². The molecule has 1 aromatic rings. The summed E-state index contributed by atoms with van der Waals surface area (Å²) in [6, 6.07) is 4.31. The minimum Gasteiger partial charge on any atom is -0.307 e. The highest BCUT2D eigenvalue weighted by Gasteiger charge is 2.50. The lowest BCUT2D eigenvalue weighted by atomic mass is 9.53. The van der Waals surface area contributed by atoms with Crippen LogP contribution in [0.1, 0.15) is 43.4 Å². The molecule has 1 N–H and O–H groups in total. The molecule has 4 aliphatic carbocycles. The van der Waals surface area contributed by atoms with Gasteiger partial charge in [-0.05, 0) is 73.3 Å². The van der Waals surface area contributed by atoms with Gasteiger partial charge in [-0.1, -0.05) is 12.6 Å². The zero-order valence-corrected chi connectivity index (χ0v) is 12.3. The van der Waals surface area contributed by atoms with Crippen molar-refractivity contribution in [2.24, 2.45) is 17.8 Å². The zero-order chi connectivity index (χ0) is 12.9. The molecule has 19 heavy (non-hydrogen) atoms. The van der Waals surface area contributed by atoms with E-state index in [1.165, 1.54) is 49.0 Å². The standard InChI is InChI=1S/C17H23NS/c1-12(16-3-2-4-19-16)11-18-17-8-13-5-14(9-17)7-15(6-13)10-17/h2-4,13-15,18H,1,5-11H2. The Morgan fingerprint density at radius 2 is 1.84 bits per heavy atom. The van der Waals surface area contributed by atoms with E-state index in [-0.39, 0.29) is 0 Å². The molecule has 2 heteroatoms. The highest BCUT2D eigenvalue weighted by Crippen LogP contribution is 2.55. The van der Waals surface area contributed by atoms with Crippen molar-refractivity contribution in [3.05, 3.63) is 29.0 Å². The fraction of sp³-hybridized carbons (Fsp3) is 0.647. The topological polar surface area (TPSA) is 12.0 Å². The van der Waals surface area contributed by atoms with Gasteiger partial charge in [0.25, 0.3) is 0 Å². The molecule has 1 aromatic heterocycles. The van der Waals surface area contributed by atoms with Gasteiger partial charge in [0.05, 0.1) is 0 Å². The Morgan fingerprint density at radius 3 is 2.37 bits per heavy atom. The van der Waals surface area contributed by atoms with Crippen molar-refractivity contribution in [2.75, 3.05) is 6.54 Å². The Bertz CT molecular complexity index is 438. The van der Waals surface area contributed by atoms with Crippen LogP contribution in [-0.2, 0) is 0 Å². The van der Waals surface area contributed by atoms with Gasteiger partial charge < -0.3 is 5.32 Å². The number of nitrogens with one attached hydrogen (secondary N) is 1. The quantitative estimate of drug-likeness (QED) is 0.861. The second-order valence-electron chi connectivity index (χ2n) is 7.13. The predicted molar refractivity (Wildman–Crippen MR) is 82.3 cm³/mol. The van der Waals surface area contributed by atoms with E-state index in [4.69, 9.17) is 0 Å².